The lowest BCUT2D eigenvalue weighted by molar-refractivity contribution is 0.300. The van der Waals surface area contributed by atoms with Gasteiger partial charge in [0.05, 0.1) is 22.1 Å². The topological polar surface area (TPSA) is 56.5 Å². The predicted molar refractivity (Wildman–Crippen MR) is 111 cm³/mol. The highest BCUT2D eigenvalue weighted by Gasteiger charge is 2.07. The van der Waals surface area contributed by atoms with Crippen molar-refractivity contribution < 1.29 is 9.13 Å². The molecule has 1 aromatic heterocycles. The van der Waals surface area contributed by atoms with Crippen molar-refractivity contribution in [1.82, 2.24) is 9.66 Å². The molecule has 0 atom stereocenters. The smallest absolute Gasteiger partial charge is 0.281 e. The first-order valence-corrected chi connectivity index (χ1v) is 9.16. The molecule has 0 unspecified atom stereocenters. The third-order valence-electron chi connectivity index (χ3n) is 4.30. The second-order valence-corrected chi connectivity index (χ2v) is 6.62. The molecule has 4 aromatic rings. The third-order valence-corrected chi connectivity index (χ3v) is 4.66. The number of halogens is 2. The van der Waals surface area contributed by atoms with Crippen LogP contribution in [0.4, 0.5) is 4.39 Å². The Bertz CT molecular complexity index is 1230. The fourth-order valence-corrected chi connectivity index (χ4v) is 2.96. The summed E-state index contributed by atoms with van der Waals surface area (Å²) in [5, 5.41) is 5.01. The van der Waals surface area contributed by atoms with E-state index in [4.69, 9.17) is 16.3 Å². The Morgan fingerprint density at radius 2 is 1.86 bits per heavy atom. The van der Waals surface area contributed by atoms with Gasteiger partial charge < -0.3 is 4.74 Å². The molecular weight excluding hydrogens is 393 g/mol. The van der Waals surface area contributed by atoms with E-state index in [2.05, 4.69) is 10.1 Å². The average molecular weight is 408 g/mol. The Hall–Kier alpha value is -3.51. The van der Waals surface area contributed by atoms with E-state index in [9.17, 15) is 9.18 Å². The van der Waals surface area contributed by atoms with Crippen molar-refractivity contribution in [2.24, 2.45) is 5.10 Å². The first kappa shape index (κ1) is 18.8. The zero-order valence-corrected chi connectivity index (χ0v) is 15.9. The molecule has 5 nitrogen and oxygen atoms in total. The molecule has 7 heteroatoms. The van der Waals surface area contributed by atoms with E-state index in [1.54, 1.807) is 60.8 Å². The zero-order chi connectivity index (χ0) is 20.2. The average Bonchev–Trinajstić information content (AvgIpc) is 2.74. The van der Waals surface area contributed by atoms with Gasteiger partial charge in [0.15, 0.2) is 0 Å². The molecule has 0 saturated carbocycles. The second kappa shape index (κ2) is 8.24. The lowest BCUT2D eigenvalue weighted by Crippen LogP contribution is -2.16. The molecule has 0 amide bonds. The highest BCUT2D eigenvalue weighted by atomic mass is 35.5. The van der Waals surface area contributed by atoms with Crippen molar-refractivity contribution in [2.45, 2.75) is 6.61 Å². The summed E-state index contributed by atoms with van der Waals surface area (Å²) >= 11 is 6.00. The van der Waals surface area contributed by atoms with Gasteiger partial charge in [0.2, 0.25) is 0 Å². The Balaban J connectivity index is 1.47. The Labute approximate surface area is 170 Å². The number of ether oxygens (including phenoxy) is 1. The number of benzene rings is 3. The third kappa shape index (κ3) is 4.17. The first-order valence-electron chi connectivity index (χ1n) is 8.78. The molecule has 0 bridgehead atoms. The van der Waals surface area contributed by atoms with Crippen molar-refractivity contribution in [3.63, 3.8) is 0 Å². The molecule has 1 heterocycles. The van der Waals surface area contributed by atoms with Crippen LogP contribution in [-0.4, -0.2) is 15.9 Å². The zero-order valence-electron chi connectivity index (χ0n) is 15.1. The van der Waals surface area contributed by atoms with Crippen molar-refractivity contribution in [1.29, 1.82) is 0 Å². The Morgan fingerprint density at radius 3 is 2.66 bits per heavy atom. The molecule has 0 radical (unpaired) electrons. The van der Waals surface area contributed by atoms with E-state index in [1.165, 1.54) is 17.1 Å². The minimum atomic E-state index is -0.407. The maximum Gasteiger partial charge on any atom is 0.281 e. The van der Waals surface area contributed by atoms with Gasteiger partial charge in [-0.25, -0.2) is 9.37 Å². The van der Waals surface area contributed by atoms with Crippen molar-refractivity contribution in [3.05, 3.63) is 105 Å². The van der Waals surface area contributed by atoms with Crippen molar-refractivity contribution >= 4 is 28.7 Å². The van der Waals surface area contributed by atoms with Gasteiger partial charge in [0.25, 0.3) is 5.56 Å². The lowest BCUT2D eigenvalue weighted by Gasteiger charge is -2.09. The molecule has 3 aromatic carbocycles. The van der Waals surface area contributed by atoms with E-state index >= 15 is 0 Å². The number of hydrogen-bond acceptors (Lipinski definition) is 4. The van der Waals surface area contributed by atoms with Crippen LogP contribution in [-0.2, 0) is 6.61 Å². The number of para-hydroxylation sites is 1. The molecule has 0 aliphatic carbocycles. The van der Waals surface area contributed by atoms with E-state index in [0.717, 1.165) is 5.56 Å². The minimum absolute atomic E-state index is 0.0249. The highest BCUT2D eigenvalue weighted by molar-refractivity contribution is 6.31. The maximum absolute atomic E-state index is 13.8. The van der Waals surface area contributed by atoms with Gasteiger partial charge in [0.1, 0.15) is 24.5 Å². The largest absolute Gasteiger partial charge is 0.489 e. The number of fused-ring (bicyclic) bond motifs is 1. The summed E-state index contributed by atoms with van der Waals surface area (Å²) in [7, 11) is 0. The van der Waals surface area contributed by atoms with Gasteiger partial charge in [-0.05, 0) is 54.1 Å². The maximum atomic E-state index is 13.8. The van der Waals surface area contributed by atoms with Gasteiger partial charge >= 0.3 is 0 Å². The van der Waals surface area contributed by atoms with Crippen LogP contribution in [0.25, 0.3) is 10.9 Å². The lowest BCUT2D eigenvalue weighted by atomic mass is 10.2. The summed E-state index contributed by atoms with van der Waals surface area (Å²) in [6.07, 6.45) is 2.94. The van der Waals surface area contributed by atoms with Gasteiger partial charge in [-0.2, -0.15) is 9.78 Å². The predicted octanol–water partition coefficient (Wildman–Crippen LogP) is 4.65. The summed E-state index contributed by atoms with van der Waals surface area (Å²) in [5.74, 6) is 0.154. The molecule has 0 aliphatic heterocycles. The number of hydrogen-bond donors (Lipinski definition) is 0. The standard InChI is InChI=1S/C22H15ClFN3O2/c23-19-5-3-6-20(24)18(19)13-29-16-10-8-15(9-11-16)12-26-27-14-25-21-7-2-1-4-17(21)22(27)28/h1-12,14H,13H2/b26-12-. The normalized spacial score (nSPS) is 11.2. The fraction of sp³-hybridized carbons (Fsp3) is 0.0455. The minimum Gasteiger partial charge on any atom is -0.489 e. The van der Waals surface area contributed by atoms with E-state index in [0.29, 0.717) is 27.2 Å². The number of nitrogens with zero attached hydrogens (tertiary/aromatic N) is 3. The van der Waals surface area contributed by atoms with Crippen LogP contribution in [0, 0.1) is 5.82 Å². The molecular formula is C22H15ClFN3O2. The highest BCUT2D eigenvalue weighted by Crippen LogP contribution is 2.21. The molecule has 0 N–H and O–H groups in total. The van der Waals surface area contributed by atoms with Crippen molar-refractivity contribution in [2.75, 3.05) is 0 Å². The van der Waals surface area contributed by atoms with Gasteiger partial charge in [0, 0.05) is 5.56 Å². The van der Waals surface area contributed by atoms with Crippen LogP contribution in [0.2, 0.25) is 5.02 Å². The summed E-state index contributed by atoms with van der Waals surface area (Å²) in [6.45, 7) is 0.0249. The fourth-order valence-electron chi connectivity index (χ4n) is 2.75. The molecule has 0 fully saturated rings. The van der Waals surface area contributed by atoms with E-state index in [1.807, 2.05) is 6.07 Å². The van der Waals surface area contributed by atoms with Crippen LogP contribution in [0.15, 0.2) is 83.0 Å². The molecule has 0 aliphatic rings. The van der Waals surface area contributed by atoms with Gasteiger partial charge in [-0.3, -0.25) is 4.79 Å². The molecule has 4 rings (SSSR count). The molecule has 29 heavy (non-hydrogen) atoms. The summed E-state index contributed by atoms with van der Waals surface area (Å²) in [5.41, 5.74) is 1.46. The van der Waals surface area contributed by atoms with Crippen molar-refractivity contribution in [3.8, 4) is 5.75 Å². The van der Waals surface area contributed by atoms with Crippen LogP contribution in [0.5, 0.6) is 5.75 Å². The first-order chi connectivity index (χ1) is 14.1. The Kier molecular flexibility index (Phi) is 5.35. The molecule has 0 saturated heterocycles. The second-order valence-electron chi connectivity index (χ2n) is 6.21. The molecule has 0 spiro atoms. The van der Waals surface area contributed by atoms with Crippen LogP contribution < -0.4 is 10.3 Å². The number of aromatic nitrogens is 2. The van der Waals surface area contributed by atoms with Crippen LogP contribution in [0.1, 0.15) is 11.1 Å². The van der Waals surface area contributed by atoms with Crippen LogP contribution in [0.3, 0.4) is 0 Å². The van der Waals surface area contributed by atoms with Gasteiger partial charge in [-0.1, -0.05) is 29.8 Å². The monoisotopic (exact) mass is 407 g/mol. The summed E-state index contributed by atoms with van der Waals surface area (Å²) in [4.78, 5) is 16.7. The van der Waals surface area contributed by atoms with E-state index in [-0.39, 0.29) is 12.2 Å². The summed E-state index contributed by atoms with van der Waals surface area (Å²) in [6, 6.07) is 18.6. The Morgan fingerprint density at radius 1 is 1.07 bits per heavy atom. The summed E-state index contributed by atoms with van der Waals surface area (Å²) < 4.78 is 20.6. The SMILES string of the molecule is O=c1c2ccccc2ncn1/N=C\c1ccc(OCc2c(F)cccc2Cl)cc1. The van der Waals surface area contributed by atoms with E-state index < -0.39 is 5.82 Å². The number of rotatable bonds is 5. The quantitative estimate of drug-likeness (QED) is 0.452. The molecule has 144 valence electrons. The van der Waals surface area contributed by atoms with Gasteiger partial charge in [-0.15, -0.1) is 0 Å². The van der Waals surface area contributed by atoms with Crippen LogP contribution >= 0.6 is 11.6 Å².